The lowest BCUT2D eigenvalue weighted by atomic mass is 10.0. The number of rotatable bonds is 2. The van der Waals surface area contributed by atoms with Crippen LogP contribution in [0.2, 0.25) is 0 Å². The largest absolute Gasteiger partial charge is 0.371 e. The van der Waals surface area contributed by atoms with Gasteiger partial charge in [0.2, 0.25) is 0 Å². The average Bonchev–Trinajstić information content (AvgIpc) is 3.54. The van der Waals surface area contributed by atoms with Gasteiger partial charge in [-0.15, -0.1) is 0 Å². The molecule has 0 saturated carbocycles. The zero-order chi connectivity index (χ0) is 22.5. The molecule has 2 saturated heterocycles. The van der Waals surface area contributed by atoms with E-state index in [-0.39, 0.29) is 0 Å². The van der Waals surface area contributed by atoms with Crippen LogP contribution in [0.3, 0.4) is 0 Å². The van der Waals surface area contributed by atoms with E-state index in [1.807, 2.05) is 30.3 Å². The van der Waals surface area contributed by atoms with Crippen molar-refractivity contribution < 1.29 is 0 Å². The van der Waals surface area contributed by atoms with Crippen molar-refractivity contribution in [1.82, 2.24) is 9.88 Å². The Morgan fingerprint density at radius 2 is 1.76 bits per heavy atom. The van der Waals surface area contributed by atoms with E-state index in [2.05, 4.69) is 50.4 Å². The maximum absolute atomic E-state index is 9.09. The van der Waals surface area contributed by atoms with Crippen molar-refractivity contribution in [3.8, 4) is 17.2 Å². The first-order valence-corrected chi connectivity index (χ1v) is 11.3. The van der Waals surface area contributed by atoms with Crippen LogP contribution in [0.4, 0.5) is 11.4 Å². The molecule has 8 heteroatoms. The number of fused-ring (bicyclic) bond motifs is 3. The average molecular weight is 439 g/mol. The third-order valence-electron chi connectivity index (χ3n) is 7.24. The predicted molar refractivity (Wildman–Crippen MR) is 130 cm³/mol. The fourth-order valence-corrected chi connectivity index (χ4v) is 5.47. The van der Waals surface area contributed by atoms with Crippen molar-refractivity contribution in [3.05, 3.63) is 71.5 Å². The molecule has 2 fully saturated rings. The van der Waals surface area contributed by atoms with Crippen LogP contribution in [0.25, 0.3) is 11.1 Å². The van der Waals surface area contributed by atoms with E-state index in [9.17, 15) is 0 Å². The Labute approximate surface area is 192 Å². The monoisotopic (exact) mass is 438 g/mol. The first-order chi connectivity index (χ1) is 16.1. The number of nitrogens with one attached hydrogen (secondary N) is 1. The number of hydrogen-bond acceptors (Lipinski definition) is 6. The molecule has 0 aliphatic carbocycles. The van der Waals surface area contributed by atoms with Gasteiger partial charge in [-0.1, -0.05) is 12.1 Å². The summed E-state index contributed by atoms with van der Waals surface area (Å²) >= 11 is 0. The highest BCUT2D eigenvalue weighted by atomic mass is 15.5. The summed E-state index contributed by atoms with van der Waals surface area (Å²) < 4.78 is 2.15. The molecular formula is C25H26N8. The van der Waals surface area contributed by atoms with Crippen LogP contribution in [-0.2, 0) is 6.54 Å². The van der Waals surface area contributed by atoms with E-state index in [4.69, 9.17) is 16.9 Å². The molecule has 4 heterocycles. The molecule has 3 aromatic rings. The lowest BCUT2D eigenvalue weighted by molar-refractivity contribution is 0.533. The fourth-order valence-electron chi connectivity index (χ4n) is 5.47. The zero-order valence-corrected chi connectivity index (χ0v) is 18.3. The number of benzene rings is 2. The van der Waals surface area contributed by atoms with Gasteiger partial charge in [-0.25, -0.2) is 5.84 Å². The Balaban J connectivity index is 1.37. The van der Waals surface area contributed by atoms with Crippen molar-refractivity contribution in [1.29, 1.82) is 5.26 Å². The highest BCUT2D eigenvalue weighted by molar-refractivity contribution is 6.09. The summed E-state index contributed by atoms with van der Waals surface area (Å²) in [5, 5.41) is 18.2. The molecule has 2 aromatic carbocycles. The van der Waals surface area contributed by atoms with Gasteiger partial charge in [0.25, 0.3) is 0 Å². The van der Waals surface area contributed by atoms with E-state index in [0.717, 1.165) is 66.1 Å². The van der Waals surface area contributed by atoms with Crippen molar-refractivity contribution in [2.45, 2.75) is 6.54 Å². The summed E-state index contributed by atoms with van der Waals surface area (Å²) in [5.74, 6) is 14.3. The second-order valence-electron chi connectivity index (χ2n) is 9.15. The summed E-state index contributed by atoms with van der Waals surface area (Å²) in [5.41, 5.74) is 6.84. The number of aromatic nitrogens is 1. The topological polar surface area (TPSA) is 112 Å². The van der Waals surface area contributed by atoms with Gasteiger partial charge in [-0.3, -0.25) is 5.01 Å². The Kier molecular flexibility index (Phi) is 4.61. The van der Waals surface area contributed by atoms with Crippen LogP contribution < -0.4 is 26.9 Å². The van der Waals surface area contributed by atoms with Gasteiger partial charge in [0.05, 0.1) is 23.0 Å². The maximum Gasteiger partial charge on any atom is 0.190 e. The SMILES string of the molecule is N#Cc1ccc(-c2cc3n(c2)Cc2cc(N4CC5CNCC5C4)ccc2N(N)/C3=N\N)cc1. The van der Waals surface area contributed by atoms with Gasteiger partial charge in [0, 0.05) is 50.2 Å². The molecular weight excluding hydrogens is 412 g/mol. The number of amidine groups is 1. The highest BCUT2D eigenvalue weighted by Crippen LogP contribution is 2.35. The Morgan fingerprint density at radius 1 is 1.00 bits per heavy atom. The number of hydrazone groups is 1. The van der Waals surface area contributed by atoms with Gasteiger partial charge >= 0.3 is 0 Å². The molecule has 0 spiro atoms. The molecule has 2 unspecified atom stereocenters. The van der Waals surface area contributed by atoms with Crippen molar-refractivity contribution in [2.75, 3.05) is 36.1 Å². The minimum atomic E-state index is 0.517. The summed E-state index contributed by atoms with van der Waals surface area (Å²) in [6.45, 7) is 5.09. The number of hydrogen-bond donors (Lipinski definition) is 3. The second kappa shape index (κ2) is 7.66. The van der Waals surface area contributed by atoms with Crippen LogP contribution in [0.5, 0.6) is 0 Å². The molecule has 2 atom stereocenters. The summed E-state index contributed by atoms with van der Waals surface area (Å²) in [6.07, 6.45) is 2.10. The molecule has 0 radical (unpaired) electrons. The minimum Gasteiger partial charge on any atom is -0.371 e. The molecule has 5 N–H and O–H groups in total. The van der Waals surface area contributed by atoms with E-state index >= 15 is 0 Å². The first-order valence-electron chi connectivity index (χ1n) is 11.3. The molecule has 33 heavy (non-hydrogen) atoms. The number of nitriles is 1. The van der Waals surface area contributed by atoms with Crippen molar-refractivity contribution in [3.63, 3.8) is 0 Å². The quantitative estimate of drug-likeness (QED) is 0.417. The number of nitrogens with zero attached hydrogens (tertiary/aromatic N) is 5. The van der Waals surface area contributed by atoms with Crippen LogP contribution >= 0.6 is 0 Å². The lowest BCUT2D eigenvalue weighted by Gasteiger charge is -2.24. The molecule has 0 amide bonds. The van der Waals surface area contributed by atoms with Crippen LogP contribution in [-0.4, -0.2) is 36.6 Å². The van der Waals surface area contributed by atoms with Gasteiger partial charge in [-0.2, -0.15) is 10.4 Å². The zero-order valence-electron chi connectivity index (χ0n) is 18.3. The molecule has 8 nitrogen and oxygen atoms in total. The number of anilines is 2. The van der Waals surface area contributed by atoms with Crippen molar-refractivity contribution in [2.24, 2.45) is 28.6 Å². The lowest BCUT2D eigenvalue weighted by Crippen LogP contribution is -2.39. The third kappa shape index (κ3) is 3.25. The van der Waals surface area contributed by atoms with E-state index in [1.165, 1.54) is 5.69 Å². The predicted octanol–water partition coefficient (Wildman–Crippen LogP) is 2.04. The molecule has 6 rings (SSSR count). The standard InChI is InChI=1S/C25H26N8/c26-9-16-1-3-17(4-2-16)18-8-24-25(30-27)33(28)23-6-5-22(7-19(23)13-32(24)12-18)31-14-20-10-29-11-21(20)15-31/h1-8,12,20-21,29H,10-11,13-15,27-28H2/b30-25-. The van der Waals surface area contributed by atoms with E-state index in [0.29, 0.717) is 17.9 Å². The molecule has 3 aliphatic heterocycles. The van der Waals surface area contributed by atoms with Crippen LogP contribution in [0, 0.1) is 23.2 Å². The Morgan fingerprint density at radius 3 is 2.45 bits per heavy atom. The minimum absolute atomic E-state index is 0.517. The van der Waals surface area contributed by atoms with Gasteiger partial charge in [0.1, 0.15) is 0 Å². The summed E-state index contributed by atoms with van der Waals surface area (Å²) in [4.78, 5) is 2.50. The molecule has 3 aliphatic rings. The van der Waals surface area contributed by atoms with Crippen LogP contribution in [0.1, 0.15) is 16.8 Å². The Bertz CT molecular complexity index is 1270. The summed E-state index contributed by atoms with van der Waals surface area (Å²) in [7, 11) is 0. The van der Waals surface area contributed by atoms with Crippen molar-refractivity contribution >= 4 is 17.2 Å². The summed E-state index contributed by atoms with van der Waals surface area (Å²) in [6, 6.07) is 18.3. The Hall–Kier alpha value is -3.80. The van der Waals surface area contributed by atoms with E-state index < -0.39 is 0 Å². The van der Waals surface area contributed by atoms with Gasteiger partial charge in [0.15, 0.2) is 5.84 Å². The van der Waals surface area contributed by atoms with E-state index in [1.54, 1.807) is 5.01 Å². The molecule has 1 aromatic heterocycles. The third-order valence-corrected chi connectivity index (χ3v) is 7.24. The van der Waals surface area contributed by atoms with Gasteiger partial charge < -0.3 is 20.6 Å². The first kappa shape index (κ1) is 19.9. The number of hydrazine groups is 1. The second-order valence-corrected chi connectivity index (χ2v) is 9.15. The normalized spacial score (nSPS) is 22.6. The van der Waals surface area contributed by atoms with Crippen LogP contribution in [0.15, 0.2) is 59.8 Å². The number of nitrogens with two attached hydrogens (primary N) is 2. The van der Waals surface area contributed by atoms with Gasteiger partial charge in [-0.05, 0) is 59.4 Å². The highest BCUT2D eigenvalue weighted by Gasteiger charge is 2.36. The smallest absolute Gasteiger partial charge is 0.190 e. The molecule has 166 valence electrons. The fraction of sp³-hybridized carbons (Fsp3) is 0.280. The molecule has 0 bridgehead atoms. The maximum atomic E-state index is 9.09.